The monoisotopic (exact) mass is 277 g/mol. The van der Waals surface area contributed by atoms with Crippen molar-refractivity contribution in [1.82, 2.24) is 5.32 Å². The highest BCUT2D eigenvalue weighted by atomic mass is 16.5. The van der Waals surface area contributed by atoms with Crippen molar-refractivity contribution < 1.29 is 4.74 Å². The molecule has 0 aliphatic heterocycles. The first-order valence-corrected chi connectivity index (χ1v) is 7.98. The third kappa shape index (κ3) is 6.95. The molecule has 20 heavy (non-hydrogen) atoms. The van der Waals surface area contributed by atoms with Crippen LogP contribution in [0.4, 0.5) is 0 Å². The highest BCUT2D eigenvalue weighted by molar-refractivity contribution is 5.32. The van der Waals surface area contributed by atoms with Gasteiger partial charge in [-0.1, -0.05) is 59.1 Å². The molecule has 2 nitrogen and oxygen atoms in total. The molecule has 1 N–H and O–H groups in total. The predicted molar refractivity (Wildman–Crippen MR) is 87.6 cm³/mol. The number of hydrogen-bond donors (Lipinski definition) is 1. The number of nitrogens with one attached hydrogen (secondary N) is 1. The van der Waals surface area contributed by atoms with E-state index in [1.54, 1.807) is 0 Å². The Balaban J connectivity index is 2.19. The van der Waals surface area contributed by atoms with E-state index in [1.807, 2.05) is 6.07 Å². The lowest BCUT2D eigenvalue weighted by Crippen LogP contribution is -2.22. The van der Waals surface area contributed by atoms with Crippen LogP contribution in [-0.4, -0.2) is 19.7 Å². The molecule has 0 heterocycles. The van der Waals surface area contributed by atoms with E-state index >= 15 is 0 Å². The molecule has 0 unspecified atom stereocenters. The van der Waals surface area contributed by atoms with Gasteiger partial charge in [-0.2, -0.15) is 0 Å². The number of ether oxygens (including phenoxy) is 1. The maximum absolute atomic E-state index is 5.81. The Hall–Kier alpha value is -1.02. The second-order valence-electron chi connectivity index (χ2n) is 6.44. The summed E-state index contributed by atoms with van der Waals surface area (Å²) in [4.78, 5) is 0. The van der Waals surface area contributed by atoms with Crippen molar-refractivity contribution in [3.8, 4) is 5.75 Å². The van der Waals surface area contributed by atoms with Gasteiger partial charge >= 0.3 is 0 Å². The van der Waals surface area contributed by atoms with E-state index in [1.165, 1.54) is 31.2 Å². The van der Waals surface area contributed by atoms with Gasteiger partial charge in [0.15, 0.2) is 0 Å². The van der Waals surface area contributed by atoms with Crippen LogP contribution in [0.15, 0.2) is 24.3 Å². The van der Waals surface area contributed by atoms with Gasteiger partial charge in [0, 0.05) is 6.54 Å². The summed E-state index contributed by atoms with van der Waals surface area (Å²) in [7, 11) is 0. The molecule has 0 bridgehead atoms. The van der Waals surface area contributed by atoms with Crippen LogP contribution in [0.1, 0.15) is 58.9 Å². The molecule has 0 aromatic heterocycles. The number of rotatable bonds is 9. The zero-order chi connectivity index (χ0) is 14.8. The molecule has 2 heteroatoms. The molecule has 114 valence electrons. The maximum atomic E-state index is 5.81. The fourth-order valence-electron chi connectivity index (χ4n) is 2.10. The van der Waals surface area contributed by atoms with Crippen molar-refractivity contribution in [2.45, 2.75) is 58.8 Å². The largest absolute Gasteiger partial charge is 0.492 e. The van der Waals surface area contributed by atoms with Crippen LogP contribution in [0.3, 0.4) is 0 Å². The molecular weight excluding hydrogens is 246 g/mol. The summed E-state index contributed by atoms with van der Waals surface area (Å²) in [5.74, 6) is 0.977. The van der Waals surface area contributed by atoms with Crippen molar-refractivity contribution in [3.05, 3.63) is 29.8 Å². The predicted octanol–water partition coefficient (Wildman–Crippen LogP) is 4.53. The van der Waals surface area contributed by atoms with Crippen LogP contribution in [-0.2, 0) is 5.41 Å². The quantitative estimate of drug-likeness (QED) is 0.669. The van der Waals surface area contributed by atoms with Gasteiger partial charge in [-0.15, -0.1) is 0 Å². The highest BCUT2D eigenvalue weighted by Crippen LogP contribution is 2.25. The molecular formula is C18H31NO. The molecule has 1 aromatic rings. The van der Waals surface area contributed by atoms with Crippen molar-refractivity contribution in [1.29, 1.82) is 0 Å². The van der Waals surface area contributed by atoms with E-state index in [4.69, 9.17) is 4.74 Å². The maximum Gasteiger partial charge on any atom is 0.119 e. The van der Waals surface area contributed by atoms with Gasteiger partial charge in [0.2, 0.25) is 0 Å². The molecule has 0 aliphatic carbocycles. The zero-order valence-electron chi connectivity index (χ0n) is 13.7. The van der Waals surface area contributed by atoms with Gasteiger partial charge < -0.3 is 10.1 Å². The minimum Gasteiger partial charge on any atom is -0.492 e. The Morgan fingerprint density at radius 2 is 1.85 bits per heavy atom. The first-order chi connectivity index (χ1) is 9.54. The van der Waals surface area contributed by atoms with E-state index in [9.17, 15) is 0 Å². The van der Waals surface area contributed by atoms with Gasteiger partial charge in [0.1, 0.15) is 12.4 Å². The lowest BCUT2D eigenvalue weighted by molar-refractivity contribution is 0.312. The lowest BCUT2D eigenvalue weighted by Gasteiger charge is -2.19. The third-order valence-electron chi connectivity index (χ3n) is 3.45. The van der Waals surface area contributed by atoms with E-state index < -0.39 is 0 Å². The molecule has 0 fully saturated rings. The second kappa shape index (κ2) is 9.02. The first kappa shape index (κ1) is 17.0. The zero-order valence-corrected chi connectivity index (χ0v) is 13.7. The number of unbranched alkanes of at least 4 members (excludes halogenated alkanes) is 3. The molecule has 0 saturated carbocycles. The SMILES string of the molecule is CCCCCCNCCOc1cccc(C(C)(C)C)c1. The van der Waals surface area contributed by atoms with Crippen LogP contribution < -0.4 is 10.1 Å². The molecule has 0 aliphatic rings. The molecule has 0 spiro atoms. The first-order valence-electron chi connectivity index (χ1n) is 7.98. The summed E-state index contributed by atoms with van der Waals surface area (Å²) in [5, 5.41) is 3.43. The van der Waals surface area contributed by atoms with E-state index in [2.05, 4.69) is 51.2 Å². The van der Waals surface area contributed by atoms with E-state index in [0.717, 1.165) is 25.4 Å². The van der Waals surface area contributed by atoms with Crippen LogP contribution in [0, 0.1) is 0 Å². The van der Waals surface area contributed by atoms with Crippen LogP contribution in [0.5, 0.6) is 5.75 Å². The van der Waals surface area contributed by atoms with Gasteiger partial charge in [0.05, 0.1) is 0 Å². The summed E-state index contributed by atoms with van der Waals surface area (Å²) >= 11 is 0. The molecule has 0 radical (unpaired) electrons. The molecule has 1 rings (SSSR count). The topological polar surface area (TPSA) is 21.3 Å². The van der Waals surface area contributed by atoms with Gasteiger partial charge in [-0.3, -0.25) is 0 Å². The smallest absolute Gasteiger partial charge is 0.119 e. The van der Waals surface area contributed by atoms with Crippen molar-refractivity contribution >= 4 is 0 Å². The number of hydrogen-bond acceptors (Lipinski definition) is 2. The summed E-state index contributed by atoms with van der Waals surface area (Å²) in [6.07, 6.45) is 5.25. The lowest BCUT2D eigenvalue weighted by atomic mass is 9.87. The Labute approximate surface area is 124 Å². The van der Waals surface area contributed by atoms with Crippen molar-refractivity contribution in [2.75, 3.05) is 19.7 Å². The van der Waals surface area contributed by atoms with Crippen LogP contribution >= 0.6 is 0 Å². The van der Waals surface area contributed by atoms with Crippen molar-refractivity contribution in [3.63, 3.8) is 0 Å². The summed E-state index contributed by atoms with van der Waals surface area (Å²) in [6.45, 7) is 11.7. The average Bonchev–Trinajstić information content (AvgIpc) is 2.41. The fourth-order valence-corrected chi connectivity index (χ4v) is 2.10. The van der Waals surface area contributed by atoms with Gasteiger partial charge in [-0.05, 0) is 36.1 Å². The molecule has 1 aromatic carbocycles. The second-order valence-corrected chi connectivity index (χ2v) is 6.44. The van der Waals surface area contributed by atoms with Crippen LogP contribution in [0.2, 0.25) is 0 Å². The third-order valence-corrected chi connectivity index (χ3v) is 3.45. The summed E-state index contributed by atoms with van der Waals surface area (Å²) in [5.41, 5.74) is 1.50. The average molecular weight is 277 g/mol. The Morgan fingerprint density at radius 3 is 2.55 bits per heavy atom. The summed E-state index contributed by atoms with van der Waals surface area (Å²) in [6, 6.07) is 8.44. The minimum atomic E-state index is 0.177. The fraction of sp³-hybridized carbons (Fsp3) is 0.667. The Morgan fingerprint density at radius 1 is 1.05 bits per heavy atom. The molecule has 0 atom stereocenters. The summed E-state index contributed by atoms with van der Waals surface area (Å²) < 4.78 is 5.81. The highest BCUT2D eigenvalue weighted by Gasteiger charge is 2.13. The van der Waals surface area contributed by atoms with Gasteiger partial charge in [-0.25, -0.2) is 0 Å². The Kier molecular flexibility index (Phi) is 7.68. The van der Waals surface area contributed by atoms with Gasteiger partial charge in [0.25, 0.3) is 0 Å². The number of benzene rings is 1. The van der Waals surface area contributed by atoms with E-state index in [-0.39, 0.29) is 5.41 Å². The van der Waals surface area contributed by atoms with Crippen LogP contribution in [0.25, 0.3) is 0 Å². The molecule has 0 amide bonds. The standard InChI is InChI=1S/C18H31NO/c1-5-6-7-8-12-19-13-14-20-17-11-9-10-16(15-17)18(2,3)4/h9-11,15,19H,5-8,12-14H2,1-4H3. The Bertz CT molecular complexity index is 368. The minimum absolute atomic E-state index is 0.177. The normalized spacial score (nSPS) is 11.6. The van der Waals surface area contributed by atoms with E-state index in [0.29, 0.717) is 0 Å². The van der Waals surface area contributed by atoms with Crippen molar-refractivity contribution in [2.24, 2.45) is 0 Å². The molecule has 0 saturated heterocycles.